The molecule has 0 amide bonds. The third kappa shape index (κ3) is 3.37. The van der Waals surface area contributed by atoms with Crippen LogP contribution in [0.2, 0.25) is 0 Å². The van der Waals surface area contributed by atoms with E-state index in [-0.39, 0.29) is 5.75 Å². The molecule has 0 aliphatic carbocycles. The fraction of sp³-hybridized carbons (Fsp3) is 0.143. The number of benzene rings is 2. The summed E-state index contributed by atoms with van der Waals surface area (Å²) in [5, 5.41) is 20.4. The number of ether oxygens (including phenoxy) is 1. The molecule has 0 unspecified atom stereocenters. The van der Waals surface area contributed by atoms with Gasteiger partial charge in [0.2, 0.25) is 5.75 Å². The molecule has 0 heterocycles. The number of nitro groups is 1. The van der Waals surface area contributed by atoms with Crippen molar-refractivity contribution in [2.24, 2.45) is 0 Å². The molecule has 1 N–H and O–H groups in total. The zero-order valence-electron chi connectivity index (χ0n) is 10.9. The zero-order chi connectivity index (χ0) is 15.6. The minimum atomic E-state index is -0.820. The number of hydrogen-bond donors (Lipinski definition) is 1. The molecular weight excluding hydrogens is 345 g/mol. The lowest BCUT2D eigenvalue weighted by Crippen LogP contribution is -1.97. The number of hydrogen-bond acceptors (Lipinski definition) is 4. The van der Waals surface area contributed by atoms with E-state index in [0.29, 0.717) is 10.0 Å². The molecule has 0 aromatic heterocycles. The van der Waals surface area contributed by atoms with Crippen LogP contribution in [0.1, 0.15) is 18.6 Å². The maximum Gasteiger partial charge on any atom is 0.314 e. The van der Waals surface area contributed by atoms with Crippen molar-refractivity contribution in [1.29, 1.82) is 0 Å². The maximum atomic E-state index is 13.7. The molecule has 0 bridgehead atoms. The van der Waals surface area contributed by atoms with Crippen LogP contribution < -0.4 is 4.74 Å². The molecular formula is C14H11BrFNO4. The van der Waals surface area contributed by atoms with Gasteiger partial charge in [-0.15, -0.1) is 0 Å². The molecule has 2 rings (SSSR count). The summed E-state index contributed by atoms with van der Waals surface area (Å²) in [6, 6.07) is 8.10. The highest BCUT2D eigenvalue weighted by atomic mass is 79.9. The van der Waals surface area contributed by atoms with E-state index in [0.717, 1.165) is 12.1 Å². The second kappa shape index (κ2) is 6.19. The molecule has 0 spiro atoms. The van der Waals surface area contributed by atoms with Gasteiger partial charge in [0.1, 0.15) is 5.75 Å². The summed E-state index contributed by atoms with van der Waals surface area (Å²) in [6.07, 6.45) is -0.684. The molecule has 2 aromatic carbocycles. The van der Waals surface area contributed by atoms with Crippen molar-refractivity contribution in [3.05, 3.63) is 62.4 Å². The van der Waals surface area contributed by atoms with Crippen molar-refractivity contribution in [1.82, 2.24) is 0 Å². The summed E-state index contributed by atoms with van der Waals surface area (Å²) in [5.41, 5.74) is 0.177. The fourth-order valence-corrected chi connectivity index (χ4v) is 2.46. The van der Waals surface area contributed by atoms with Crippen molar-refractivity contribution in [3.8, 4) is 11.5 Å². The highest BCUT2D eigenvalue weighted by molar-refractivity contribution is 9.10. The van der Waals surface area contributed by atoms with Gasteiger partial charge in [0, 0.05) is 10.5 Å². The van der Waals surface area contributed by atoms with Gasteiger partial charge in [0.25, 0.3) is 0 Å². The highest BCUT2D eigenvalue weighted by Crippen LogP contribution is 2.36. The number of nitro benzene ring substituents is 1. The van der Waals surface area contributed by atoms with E-state index in [2.05, 4.69) is 15.9 Å². The molecule has 0 radical (unpaired) electrons. The van der Waals surface area contributed by atoms with Crippen LogP contribution in [0.5, 0.6) is 11.5 Å². The van der Waals surface area contributed by atoms with Gasteiger partial charge >= 0.3 is 5.69 Å². The Morgan fingerprint density at radius 1 is 1.38 bits per heavy atom. The average molecular weight is 356 g/mol. The Kier molecular flexibility index (Phi) is 4.54. The molecule has 0 fully saturated rings. The molecule has 0 aliphatic heterocycles. The number of aliphatic hydroxyl groups is 1. The van der Waals surface area contributed by atoms with Crippen molar-refractivity contribution >= 4 is 21.6 Å². The highest BCUT2D eigenvalue weighted by Gasteiger charge is 2.20. The van der Waals surface area contributed by atoms with Crippen LogP contribution in [0.4, 0.5) is 10.1 Å². The first kappa shape index (κ1) is 15.4. The minimum absolute atomic E-state index is 0.222. The average Bonchev–Trinajstić information content (AvgIpc) is 2.40. The van der Waals surface area contributed by atoms with Crippen LogP contribution in [0.25, 0.3) is 0 Å². The first-order chi connectivity index (χ1) is 9.90. The molecule has 1 atom stereocenters. The van der Waals surface area contributed by atoms with Gasteiger partial charge in [-0.25, -0.2) is 4.39 Å². The Hall–Kier alpha value is -1.99. The van der Waals surface area contributed by atoms with E-state index < -0.39 is 28.3 Å². The second-order valence-corrected chi connectivity index (χ2v) is 5.16. The normalized spacial score (nSPS) is 12.0. The van der Waals surface area contributed by atoms with Gasteiger partial charge in [0.15, 0.2) is 5.82 Å². The van der Waals surface area contributed by atoms with Crippen molar-refractivity contribution in [3.63, 3.8) is 0 Å². The van der Waals surface area contributed by atoms with Crippen LogP contribution in [0.3, 0.4) is 0 Å². The number of nitrogens with zero attached hydrogens (tertiary/aromatic N) is 1. The predicted molar refractivity (Wildman–Crippen MR) is 77.9 cm³/mol. The quantitative estimate of drug-likeness (QED) is 0.653. The Morgan fingerprint density at radius 3 is 2.67 bits per heavy atom. The first-order valence-corrected chi connectivity index (χ1v) is 6.77. The van der Waals surface area contributed by atoms with E-state index in [1.165, 1.54) is 18.2 Å². The standard InChI is InChI=1S/C14H11BrFNO4/c1-8(18)10-6-5-9(7-11(10)15)21-14-12(16)3-2-4-13(14)17(19)20/h2-8,18H,1H3/t8-/m0/s1. The molecule has 7 heteroatoms. The molecule has 0 saturated carbocycles. The molecule has 21 heavy (non-hydrogen) atoms. The predicted octanol–water partition coefficient (Wildman–Crippen LogP) is 4.34. The number of aliphatic hydroxyl groups excluding tert-OH is 1. The van der Waals surface area contributed by atoms with Gasteiger partial charge in [0.05, 0.1) is 11.0 Å². The van der Waals surface area contributed by atoms with Crippen LogP contribution in [0.15, 0.2) is 40.9 Å². The van der Waals surface area contributed by atoms with E-state index in [1.54, 1.807) is 13.0 Å². The van der Waals surface area contributed by atoms with Crippen LogP contribution in [0, 0.1) is 15.9 Å². The molecule has 2 aromatic rings. The maximum absolute atomic E-state index is 13.7. The van der Waals surface area contributed by atoms with Crippen LogP contribution >= 0.6 is 15.9 Å². The van der Waals surface area contributed by atoms with Crippen molar-refractivity contribution < 1.29 is 19.2 Å². The van der Waals surface area contributed by atoms with Gasteiger partial charge in [-0.2, -0.15) is 0 Å². The van der Waals surface area contributed by atoms with E-state index in [4.69, 9.17) is 4.74 Å². The van der Waals surface area contributed by atoms with Gasteiger partial charge in [-0.3, -0.25) is 10.1 Å². The van der Waals surface area contributed by atoms with Crippen molar-refractivity contribution in [2.45, 2.75) is 13.0 Å². The largest absolute Gasteiger partial charge is 0.447 e. The molecule has 0 saturated heterocycles. The molecule has 0 aliphatic rings. The number of halogens is 2. The lowest BCUT2D eigenvalue weighted by Gasteiger charge is -2.11. The van der Waals surface area contributed by atoms with Gasteiger partial charge in [-0.1, -0.05) is 28.1 Å². The SMILES string of the molecule is C[C@H](O)c1ccc(Oc2c(F)cccc2[N+](=O)[O-])cc1Br. The van der Waals surface area contributed by atoms with Crippen molar-refractivity contribution in [2.75, 3.05) is 0 Å². The number of rotatable bonds is 4. The Morgan fingerprint density at radius 2 is 2.10 bits per heavy atom. The van der Waals surface area contributed by atoms with Crippen LogP contribution in [-0.2, 0) is 0 Å². The lowest BCUT2D eigenvalue weighted by atomic mass is 10.1. The summed E-state index contributed by atoms with van der Waals surface area (Å²) < 4.78 is 19.6. The monoisotopic (exact) mass is 355 g/mol. The van der Waals surface area contributed by atoms with E-state index in [1.807, 2.05) is 0 Å². The summed E-state index contributed by atoms with van der Waals surface area (Å²) >= 11 is 3.26. The number of para-hydroxylation sites is 1. The van der Waals surface area contributed by atoms with Gasteiger partial charge in [-0.05, 0) is 30.7 Å². The molecule has 110 valence electrons. The lowest BCUT2D eigenvalue weighted by molar-refractivity contribution is -0.385. The Labute approximate surface area is 128 Å². The summed E-state index contributed by atoms with van der Waals surface area (Å²) in [5.74, 6) is -1.04. The van der Waals surface area contributed by atoms with E-state index in [9.17, 15) is 19.6 Å². The Bertz CT molecular complexity index is 691. The van der Waals surface area contributed by atoms with E-state index >= 15 is 0 Å². The summed E-state index contributed by atoms with van der Waals surface area (Å²) in [7, 11) is 0. The van der Waals surface area contributed by atoms with Crippen LogP contribution in [-0.4, -0.2) is 10.0 Å². The first-order valence-electron chi connectivity index (χ1n) is 5.98. The summed E-state index contributed by atoms with van der Waals surface area (Å²) in [6.45, 7) is 1.60. The molecule has 5 nitrogen and oxygen atoms in total. The second-order valence-electron chi connectivity index (χ2n) is 4.31. The fourth-order valence-electron chi connectivity index (χ4n) is 1.77. The Balaban J connectivity index is 2.39. The zero-order valence-corrected chi connectivity index (χ0v) is 12.5. The third-order valence-corrected chi connectivity index (χ3v) is 3.47. The topological polar surface area (TPSA) is 72.6 Å². The minimum Gasteiger partial charge on any atom is -0.447 e. The smallest absolute Gasteiger partial charge is 0.314 e. The summed E-state index contributed by atoms with van der Waals surface area (Å²) in [4.78, 5) is 10.2. The van der Waals surface area contributed by atoms with Gasteiger partial charge < -0.3 is 9.84 Å². The third-order valence-electron chi connectivity index (χ3n) is 2.78.